The minimum atomic E-state index is -0.418. The molecule has 0 spiro atoms. The van der Waals surface area contributed by atoms with Crippen LogP contribution in [0, 0.1) is 34.4 Å². The van der Waals surface area contributed by atoms with Gasteiger partial charge in [0, 0.05) is 0 Å². The Balaban J connectivity index is 2.16. The van der Waals surface area contributed by atoms with Gasteiger partial charge in [-0.15, -0.1) is 0 Å². The van der Waals surface area contributed by atoms with Crippen LogP contribution in [0.4, 0.5) is 4.39 Å². The van der Waals surface area contributed by atoms with Crippen LogP contribution in [-0.4, -0.2) is 7.11 Å². The average Bonchev–Trinajstić information content (AvgIpc) is 2.50. The highest BCUT2D eigenvalue weighted by atomic mass is 19.1. The maximum atomic E-state index is 14.3. The fraction of sp³-hybridized carbons (Fsp3) is 0.611. The second kappa shape index (κ2) is 6.47. The van der Waals surface area contributed by atoms with Crippen LogP contribution in [-0.2, 0) is 6.42 Å². The molecule has 0 unspecified atom stereocenters. The lowest BCUT2D eigenvalue weighted by atomic mass is 9.66. The van der Waals surface area contributed by atoms with Crippen LogP contribution >= 0.6 is 0 Å². The number of nitrogens with zero attached hydrogens (tertiary/aromatic N) is 1. The van der Waals surface area contributed by atoms with Crippen LogP contribution < -0.4 is 4.74 Å². The Morgan fingerprint density at radius 3 is 2.57 bits per heavy atom. The van der Waals surface area contributed by atoms with E-state index in [2.05, 4.69) is 19.9 Å². The molecule has 114 valence electrons. The third-order valence-corrected chi connectivity index (χ3v) is 4.96. The van der Waals surface area contributed by atoms with Gasteiger partial charge in [0.15, 0.2) is 11.6 Å². The molecule has 0 aromatic heterocycles. The number of benzene rings is 1. The summed E-state index contributed by atoms with van der Waals surface area (Å²) < 4.78 is 19.3. The van der Waals surface area contributed by atoms with Crippen LogP contribution in [0.5, 0.6) is 5.75 Å². The Morgan fingerprint density at radius 2 is 2.05 bits per heavy atom. The summed E-state index contributed by atoms with van der Waals surface area (Å²) in [7, 11) is 1.47. The number of rotatable bonds is 4. The van der Waals surface area contributed by atoms with Gasteiger partial charge in [0.2, 0.25) is 0 Å². The highest BCUT2D eigenvalue weighted by Crippen LogP contribution is 2.43. The Bertz CT molecular complexity index is 525. The highest BCUT2D eigenvalue weighted by Gasteiger charge is 2.37. The van der Waals surface area contributed by atoms with Crippen molar-refractivity contribution < 1.29 is 9.13 Å². The fourth-order valence-corrected chi connectivity index (χ4v) is 3.40. The third kappa shape index (κ3) is 3.37. The summed E-state index contributed by atoms with van der Waals surface area (Å²) in [6, 6.07) is 7.66. The quantitative estimate of drug-likeness (QED) is 0.802. The molecule has 2 rings (SSSR count). The zero-order valence-corrected chi connectivity index (χ0v) is 13.2. The molecule has 0 radical (unpaired) electrons. The molecular weight excluding hydrogens is 265 g/mol. The molecule has 0 aliphatic heterocycles. The summed E-state index contributed by atoms with van der Waals surface area (Å²) in [4.78, 5) is 0. The van der Waals surface area contributed by atoms with Gasteiger partial charge in [-0.1, -0.05) is 26.0 Å². The Kier molecular flexibility index (Phi) is 4.88. The lowest BCUT2D eigenvalue weighted by Gasteiger charge is -2.36. The topological polar surface area (TPSA) is 33.0 Å². The number of methoxy groups -OCH3 is 1. The van der Waals surface area contributed by atoms with Gasteiger partial charge in [-0.05, 0) is 55.6 Å². The van der Waals surface area contributed by atoms with E-state index in [1.165, 1.54) is 7.11 Å². The first-order valence-corrected chi connectivity index (χ1v) is 7.74. The normalized spacial score (nSPS) is 25.6. The molecule has 0 saturated heterocycles. The molecule has 1 aromatic rings. The number of nitriles is 1. The molecule has 3 heteroatoms. The largest absolute Gasteiger partial charge is 0.494 e. The predicted molar refractivity (Wildman–Crippen MR) is 81.5 cm³/mol. The van der Waals surface area contributed by atoms with Crippen molar-refractivity contribution in [1.82, 2.24) is 0 Å². The highest BCUT2D eigenvalue weighted by molar-refractivity contribution is 5.32. The molecule has 21 heavy (non-hydrogen) atoms. The van der Waals surface area contributed by atoms with Gasteiger partial charge in [0.25, 0.3) is 0 Å². The molecule has 1 aliphatic carbocycles. The van der Waals surface area contributed by atoms with Crippen molar-refractivity contribution in [2.45, 2.75) is 46.0 Å². The zero-order valence-electron chi connectivity index (χ0n) is 13.2. The van der Waals surface area contributed by atoms with E-state index in [-0.39, 0.29) is 11.6 Å². The van der Waals surface area contributed by atoms with Crippen LogP contribution in [0.25, 0.3) is 0 Å². The SMILES string of the molecule is COc1cccc(CC2(C#N)CCC(C(C)C)CC2)c1F. The van der Waals surface area contributed by atoms with Gasteiger partial charge in [-0.25, -0.2) is 4.39 Å². The molecule has 1 fully saturated rings. The summed E-state index contributed by atoms with van der Waals surface area (Å²) in [6.45, 7) is 4.48. The van der Waals surface area contributed by atoms with E-state index in [0.29, 0.717) is 23.8 Å². The van der Waals surface area contributed by atoms with Gasteiger partial charge < -0.3 is 4.74 Å². The van der Waals surface area contributed by atoms with Crippen molar-refractivity contribution in [1.29, 1.82) is 5.26 Å². The Labute approximate surface area is 126 Å². The molecular formula is C18H24FNO. The van der Waals surface area contributed by atoms with Crippen molar-refractivity contribution in [3.63, 3.8) is 0 Å². The summed E-state index contributed by atoms with van der Waals surface area (Å²) in [6.07, 6.45) is 4.34. The second-order valence-electron chi connectivity index (χ2n) is 6.58. The molecule has 1 aliphatic rings. The smallest absolute Gasteiger partial charge is 0.168 e. The lowest BCUT2D eigenvalue weighted by Crippen LogP contribution is -2.30. The van der Waals surface area contributed by atoms with Crippen molar-refractivity contribution in [2.75, 3.05) is 7.11 Å². The maximum absolute atomic E-state index is 14.3. The van der Waals surface area contributed by atoms with E-state index in [1.807, 2.05) is 0 Å². The van der Waals surface area contributed by atoms with Crippen molar-refractivity contribution in [3.05, 3.63) is 29.6 Å². The van der Waals surface area contributed by atoms with E-state index in [9.17, 15) is 9.65 Å². The van der Waals surface area contributed by atoms with Gasteiger partial charge >= 0.3 is 0 Å². The monoisotopic (exact) mass is 289 g/mol. The molecule has 1 aromatic carbocycles. The first-order valence-electron chi connectivity index (χ1n) is 7.74. The first kappa shape index (κ1) is 15.8. The van der Waals surface area contributed by atoms with Gasteiger partial charge in [-0.3, -0.25) is 0 Å². The Hall–Kier alpha value is -1.56. The molecule has 0 bridgehead atoms. The minimum Gasteiger partial charge on any atom is -0.494 e. The van der Waals surface area contributed by atoms with Gasteiger partial charge in [-0.2, -0.15) is 5.26 Å². The van der Waals surface area contributed by atoms with E-state index < -0.39 is 5.41 Å². The molecule has 2 nitrogen and oxygen atoms in total. The van der Waals surface area contributed by atoms with E-state index in [1.54, 1.807) is 18.2 Å². The van der Waals surface area contributed by atoms with E-state index in [4.69, 9.17) is 4.74 Å². The molecule has 0 amide bonds. The van der Waals surface area contributed by atoms with E-state index in [0.717, 1.165) is 25.7 Å². The first-order chi connectivity index (χ1) is 10.0. The summed E-state index contributed by atoms with van der Waals surface area (Å²) >= 11 is 0. The number of halogens is 1. The zero-order chi connectivity index (χ0) is 15.5. The van der Waals surface area contributed by atoms with Crippen molar-refractivity contribution in [2.24, 2.45) is 17.3 Å². The number of hydrogen-bond acceptors (Lipinski definition) is 2. The molecule has 0 heterocycles. The number of hydrogen-bond donors (Lipinski definition) is 0. The second-order valence-corrected chi connectivity index (χ2v) is 6.58. The van der Waals surface area contributed by atoms with Crippen molar-refractivity contribution >= 4 is 0 Å². The van der Waals surface area contributed by atoms with Crippen molar-refractivity contribution in [3.8, 4) is 11.8 Å². The van der Waals surface area contributed by atoms with Crippen LogP contribution in [0.3, 0.4) is 0 Å². The predicted octanol–water partition coefficient (Wildman–Crippen LogP) is 4.73. The molecule has 1 saturated carbocycles. The molecule has 0 atom stereocenters. The van der Waals surface area contributed by atoms with Gasteiger partial charge in [0.1, 0.15) is 0 Å². The Morgan fingerprint density at radius 1 is 1.38 bits per heavy atom. The standard InChI is InChI=1S/C18H24FNO/c1-13(2)14-7-9-18(12-20,10-8-14)11-15-5-4-6-16(21-3)17(15)19/h4-6,13-14H,7-11H2,1-3H3. The van der Waals surface area contributed by atoms with Crippen LogP contribution in [0.15, 0.2) is 18.2 Å². The third-order valence-electron chi connectivity index (χ3n) is 4.96. The lowest BCUT2D eigenvalue weighted by molar-refractivity contribution is 0.173. The van der Waals surface area contributed by atoms with E-state index >= 15 is 0 Å². The van der Waals surface area contributed by atoms with Crippen LogP contribution in [0.2, 0.25) is 0 Å². The van der Waals surface area contributed by atoms with Gasteiger partial charge in [0.05, 0.1) is 18.6 Å². The molecule has 0 N–H and O–H groups in total. The summed E-state index contributed by atoms with van der Waals surface area (Å²) in [5, 5.41) is 9.64. The summed E-state index contributed by atoms with van der Waals surface area (Å²) in [5.74, 6) is 1.30. The average molecular weight is 289 g/mol. The maximum Gasteiger partial charge on any atom is 0.168 e. The summed E-state index contributed by atoms with van der Waals surface area (Å²) in [5.41, 5.74) is 0.178. The number of ether oxygens (including phenoxy) is 1. The fourth-order valence-electron chi connectivity index (χ4n) is 3.40. The van der Waals surface area contributed by atoms with Crippen LogP contribution in [0.1, 0.15) is 45.1 Å². The minimum absolute atomic E-state index is 0.261.